The fourth-order valence-electron chi connectivity index (χ4n) is 7.38. The smallest absolute Gasteiger partial charge is 0.233 e. The van der Waals surface area contributed by atoms with Gasteiger partial charge in [-0.25, -0.2) is 0 Å². The molecule has 0 spiro atoms. The molecule has 3 heterocycles. The van der Waals surface area contributed by atoms with E-state index in [9.17, 15) is 0 Å². The first kappa shape index (κ1) is 20.4. The minimum atomic E-state index is 0.267. The summed E-state index contributed by atoms with van der Waals surface area (Å²) in [5, 5.41) is 13.2. The molecule has 3 fully saturated rings. The molecule has 3 aliphatic carbocycles. The Morgan fingerprint density at radius 2 is 2.09 bits per heavy atom. The molecule has 2 bridgehead atoms. The van der Waals surface area contributed by atoms with Crippen molar-refractivity contribution in [3.8, 4) is 17.3 Å². The van der Waals surface area contributed by atoms with E-state index >= 15 is 0 Å². The maximum atomic E-state index is 6.40. The average Bonchev–Trinajstić information content (AvgIpc) is 3.48. The van der Waals surface area contributed by atoms with E-state index in [1.54, 1.807) is 5.57 Å². The molecule has 5 atom stereocenters. The van der Waals surface area contributed by atoms with Crippen molar-refractivity contribution in [2.24, 2.45) is 30.2 Å². The molecule has 0 radical (unpaired) electrons. The molecule has 2 aromatic rings. The third-order valence-corrected chi connectivity index (χ3v) is 8.52. The van der Waals surface area contributed by atoms with Crippen molar-refractivity contribution in [1.82, 2.24) is 24.9 Å². The summed E-state index contributed by atoms with van der Waals surface area (Å²) in [5.41, 5.74) is 5.21. The summed E-state index contributed by atoms with van der Waals surface area (Å²) in [4.78, 5) is 2.76. The fourth-order valence-corrected chi connectivity index (χ4v) is 7.38. The van der Waals surface area contributed by atoms with Crippen LogP contribution in [0.15, 0.2) is 30.0 Å². The molecule has 0 aromatic carbocycles. The number of fused-ring (bicyclic) bond motifs is 3. The SMILES string of the molecule is Cc1cnn(C)c1-c1ccc(OC2CCC3CN(CC45CC=C(CC(C)C4)C5)CC32)nn1. The van der Waals surface area contributed by atoms with Crippen LogP contribution in [0.2, 0.25) is 0 Å². The van der Waals surface area contributed by atoms with Gasteiger partial charge >= 0.3 is 0 Å². The fraction of sp³-hybridized carbons (Fsp3) is 0.654. The van der Waals surface area contributed by atoms with Gasteiger partial charge in [0, 0.05) is 38.7 Å². The summed E-state index contributed by atoms with van der Waals surface area (Å²) in [5.74, 6) is 2.91. The lowest BCUT2D eigenvalue weighted by Gasteiger charge is -2.39. The summed E-state index contributed by atoms with van der Waals surface area (Å²) >= 11 is 0. The van der Waals surface area contributed by atoms with Crippen LogP contribution in [0.1, 0.15) is 51.0 Å². The minimum absolute atomic E-state index is 0.267. The lowest BCUT2D eigenvalue weighted by Crippen LogP contribution is -2.39. The molecular weight excluding hydrogens is 398 g/mol. The summed E-state index contributed by atoms with van der Waals surface area (Å²) in [6, 6.07) is 3.98. The highest BCUT2D eigenvalue weighted by Gasteiger charge is 2.47. The highest BCUT2D eigenvalue weighted by molar-refractivity contribution is 5.58. The first-order chi connectivity index (χ1) is 15.5. The van der Waals surface area contributed by atoms with Crippen molar-refractivity contribution < 1.29 is 4.74 Å². The van der Waals surface area contributed by atoms with Crippen molar-refractivity contribution in [3.05, 3.63) is 35.5 Å². The number of hydrogen-bond donors (Lipinski definition) is 0. The predicted octanol–water partition coefficient (Wildman–Crippen LogP) is 4.41. The molecule has 2 aromatic heterocycles. The van der Waals surface area contributed by atoms with Gasteiger partial charge in [0.05, 0.1) is 11.9 Å². The van der Waals surface area contributed by atoms with Gasteiger partial charge in [-0.2, -0.15) is 5.10 Å². The minimum Gasteiger partial charge on any atom is -0.473 e. The monoisotopic (exact) mass is 433 g/mol. The zero-order valence-electron chi connectivity index (χ0n) is 19.6. The second-order valence-electron chi connectivity index (χ2n) is 11.2. The molecule has 6 nitrogen and oxygen atoms in total. The molecule has 6 heteroatoms. The van der Waals surface area contributed by atoms with Crippen LogP contribution in [0, 0.1) is 30.1 Å². The molecule has 5 unspecified atom stereocenters. The largest absolute Gasteiger partial charge is 0.473 e. The van der Waals surface area contributed by atoms with E-state index in [1.165, 1.54) is 51.7 Å². The number of allylic oxidation sites excluding steroid dienone is 2. The number of hydrogen-bond acceptors (Lipinski definition) is 5. The van der Waals surface area contributed by atoms with Gasteiger partial charge in [0.15, 0.2) is 0 Å². The first-order valence-corrected chi connectivity index (χ1v) is 12.4. The standard InChI is InChI=1S/C26H35N5O/c1-17-10-19-8-9-26(11-17,12-19)16-31-14-20-4-6-23(21(20)15-31)32-24-7-5-22(28-29-24)25-18(2)13-27-30(25)3/h5,7-8,13,17,20-21,23H,4,6,9-12,14-16H2,1-3H3. The Morgan fingerprint density at radius 3 is 2.88 bits per heavy atom. The van der Waals surface area contributed by atoms with Crippen LogP contribution in [0.25, 0.3) is 11.4 Å². The average molecular weight is 434 g/mol. The Labute approximate surface area is 191 Å². The molecular formula is C26H35N5O. The van der Waals surface area contributed by atoms with Gasteiger partial charge in [0.25, 0.3) is 0 Å². The number of nitrogens with zero attached hydrogens (tertiary/aromatic N) is 5. The maximum Gasteiger partial charge on any atom is 0.233 e. The second-order valence-corrected chi connectivity index (χ2v) is 11.2. The lowest BCUT2D eigenvalue weighted by atomic mass is 9.71. The Hall–Kier alpha value is -2.21. The van der Waals surface area contributed by atoms with Gasteiger partial charge in [-0.05, 0) is 74.3 Å². The van der Waals surface area contributed by atoms with E-state index in [-0.39, 0.29) is 6.10 Å². The van der Waals surface area contributed by atoms with Crippen LogP contribution < -0.4 is 4.74 Å². The summed E-state index contributed by atoms with van der Waals surface area (Å²) in [6.45, 7) is 8.20. The molecule has 32 heavy (non-hydrogen) atoms. The Balaban J connectivity index is 1.10. The van der Waals surface area contributed by atoms with Crippen molar-refractivity contribution >= 4 is 0 Å². The van der Waals surface area contributed by atoms with Gasteiger partial charge < -0.3 is 9.64 Å². The topological polar surface area (TPSA) is 56.1 Å². The number of aryl methyl sites for hydroxylation is 2. The van der Waals surface area contributed by atoms with Crippen LogP contribution in [-0.2, 0) is 7.05 Å². The zero-order valence-corrected chi connectivity index (χ0v) is 19.6. The Bertz CT molecular complexity index is 1010. The normalized spacial score (nSPS) is 34.0. The van der Waals surface area contributed by atoms with Gasteiger partial charge in [-0.3, -0.25) is 4.68 Å². The van der Waals surface area contributed by atoms with E-state index < -0.39 is 0 Å². The lowest BCUT2D eigenvalue weighted by molar-refractivity contribution is 0.109. The number of likely N-dealkylation sites (tertiary alicyclic amines) is 1. The molecule has 4 aliphatic rings. The van der Waals surface area contributed by atoms with Crippen LogP contribution in [0.3, 0.4) is 0 Å². The molecule has 2 saturated carbocycles. The van der Waals surface area contributed by atoms with Crippen LogP contribution in [0.5, 0.6) is 5.88 Å². The molecule has 0 amide bonds. The highest BCUT2D eigenvalue weighted by atomic mass is 16.5. The summed E-state index contributed by atoms with van der Waals surface area (Å²) in [6.07, 6.45) is 12.5. The third-order valence-electron chi connectivity index (χ3n) is 8.52. The van der Waals surface area contributed by atoms with Gasteiger partial charge in [0.1, 0.15) is 11.8 Å². The van der Waals surface area contributed by atoms with Crippen molar-refractivity contribution in [3.63, 3.8) is 0 Å². The predicted molar refractivity (Wildman–Crippen MR) is 124 cm³/mol. The number of rotatable bonds is 5. The van der Waals surface area contributed by atoms with Crippen LogP contribution in [0.4, 0.5) is 0 Å². The summed E-state index contributed by atoms with van der Waals surface area (Å²) in [7, 11) is 1.94. The molecule has 170 valence electrons. The number of aromatic nitrogens is 4. The van der Waals surface area contributed by atoms with Gasteiger partial charge in [-0.1, -0.05) is 18.6 Å². The van der Waals surface area contributed by atoms with Gasteiger partial charge in [0.2, 0.25) is 5.88 Å². The zero-order chi connectivity index (χ0) is 21.9. The van der Waals surface area contributed by atoms with Crippen molar-refractivity contribution in [1.29, 1.82) is 0 Å². The maximum absolute atomic E-state index is 6.40. The van der Waals surface area contributed by atoms with E-state index in [2.05, 4.69) is 40.1 Å². The molecule has 1 saturated heterocycles. The van der Waals surface area contributed by atoms with Crippen LogP contribution >= 0.6 is 0 Å². The second kappa shape index (κ2) is 7.68. The van der Waals surface area contributed by atoms with Crippen molar-refractivity contribution in [2.75, 3.05) is 19.6 Å². The van der Waals surface area contributed by atoms with Crippen molar-refractivity contribution in [2.45, 2.75) is 58.5 Å². The van der Waals surface area contributed by atoms with E-state index in [4.69, 9.17) is 4.74 Å². The Kier molecular flexibility index (Phi) is 4.90. The van der Waals surface area contributed by atoms with E-state index in [0.717, 1.165) is 35.2 Å². The Morgan fingerprint density at radius 1 is 1.19 bits per heavy atom. The van der Waals surface area contributed by atoms with Crippen LogP contribution in [-0.4, -0.2) is 50.6 Å². The molecule has 6 rings (SSSR count). The van der Waals surface area contributed by atoms with Gasteiger partial charge in [-0.15, -0.1) is 10.2 Å². The quantitative estimate of drug-likeness (QED) is 0.654. The number of ether oxygens (including phenoxy) is 1. The molecule has 0 N–H and O–H groups in total. The molecule has 1 aliphatic heterocycles. The van der Waals surface area contributed by atoms with E-state index in [0.29, 0.717) is 17.2 Å². The first-order valence-electron chi connectivity index (χ1n) is 12.4. The van der Waals surface area contributed by atoms with E-state index in [1.807, 2.05) is 30.1 Å². The third kappa shape index (κ3) is 3.57. The summed E-state index contributed by atoms with van der Waals surface area (Å²) < 4.78 is 8.26. The highest BCUT2D eigenvalue weighted by Crippen LogP contribution is 2.51.